The molecule has 0 spiro atoms. The maximum Gasteiger partial charge on any atom is 0.170 e. The van der Waals surface area contributed by atoms with E-state index in [9.17, 15) is 0 Å². The first kappa shape index (κ1) is 13.6. The van der Waals surface area contributed by atoms with Crippen molar-refractivity contribution in [3.8, 4) is 5.75 Å². The van der Waals surface area contributed by atoms with Crippen LogP contribution in [-0.2, 0) is 4.74 Å². The van der Waals surface area contributed by atoms with Crippen molar-refractivity contribution in [3.05, 3.63) is 29.8 Å². The Kier molecular flexibility index (Phi) is 4.59. The first-order valence-electron chi connectivity index (χ1n) is 6.20. The lowest BCUT2D eigenvalue weighted by Gasteiger charge is -2.29. The second-order valence-corrected chi connectivity index (χ2v) is 4.58. The molecule has 1 fully saturated rings. The van der Waals surface area contributed by atoms with E-state index in [1.54, 1.807) is 18.2 Å². The average Bonchev–Trinajstić information content (AvgIpc) is 2.45. The van der Waals surface area contributed by atoms with Crippen molar-refractivity contribution in [3.63, 3.8) is 0 Å². The van der Waals surface area contributed by atoms with E-state index >= 15 is 0 Å². The van der Waals surface area contributed by atoms with E-state index in [0.29, 0.717) is 17.9 Å². The van der Waals surface area contributed by atoms with E-state index in [1.165, 1.54) is 0 Å². The van der Waals surface area contributed by atoms with Gasteiger partial charge in [0, 0.05) is 18.7 Å². The maximum absolute atomic E-state index is 8.64. The zero-order valence-corrected chi connectivity index (χ0v) is 11.0. The van der Waals surface area contributed by atoms with Crippen LogP contribution in [0.2, 0.25) is 0 Å². The predicted molar refractivity (Wildman–Crippen MR) is 71.7 cm³/mol. The van der Waals surface area contributed by atoms with Crippen LogP contribution in [0.1, 0.15) is 5.56 Å². The zero-order chi connectivity index (χ0) is 13.7. The van der Waals surface area contributed by atoms with Gasteiger partial charge in [-0.2, -0.15) is 0 Å². The minimum atomic E-state index is 0.0686. The van der Waals surface area contributed by atoms with Gasteiger partial charge in [-0.25, -0.2) is 0 Å². The molecule has 1 aromatic rings. The molecule has 0 aromatic heterocycles. The number of oxime groups is 1. The van der Waals surface area contributed by atoms with Crippen LogP contribution in [-0.4, -0.2) is 55.4 Å². The molecular weight excluding hydrogens is 246 g/mol. The molecule has 1 unspecified atom stereocenters. The van der Waals surface area contributed by atoms with Crippen molar-refractivity contribution in [2.45, 2.75) is 6.10 Å². The largest absolute Gasteiger partial charge is 0.491 e. The first-order chi connectivity index (χ1) is 9.19. The molecule has 0 aliphatic carbocycles. The summed E-state index contributed by atoms with van der Waals surface area (Å²) >= 11 is 0. The van der Waals surface area contributed by atoms with Crippen LogP contribution in [0.15, 0.2) is 29.4 Å². The van der Waals surface area contributed by atoms with Gasteiger partial charge in [-0.05, 0) is 19.2 Å². The molecule has 1 aromatic carbocycles. The molecule has 0 saturated carbocycles. The van der Waals surface area contributed by atoms with Crippen molar-refractivity contribution in [1.82, 2.24) is 4.90 Å². The number of hydrogen-bond acceptors (Lipinski definition) is 5. The minimum Gasteiger partial charge on any atom is -0.491 e. The van der Waals surface area contributed by atoms with Crippen LogP contribution >= 0.6 is 0 Å². The third-order valence-corrected chi connectivity index (χ3v) is 3.02. The highest BCUT2D eigenvalue weighted by Gasteiger charge is 2.18. The summed E-state index contributed by atoms with van der Waals surface area (Å²) in [5, 5.41) is 11.6. The topological polar surface area (TPSA) is 80.3 Å². The fourth-order valence-electron chi connectivity index (χ4n) is 1.96. The fourth-order valence-corrected chi connectivity index (χ4v) is 1.96. The molecule has 6 heteroatoms. The number of morpholine rings is 1. The monoisotopic (exact) mass is 265 g/mol. The Morgan fingerprint density at radius 3 is 3.21 bits per heavy atom. The average molecular weight is 265 g/mol. The second-order valence-electron chi connectivity index (χ2n) is 4.58. The molecule has 6 nitrogen and oxygen atoms in total. The van der Waals surface area contributed by atoms with E-state index in [4.69, 9.17) is 20.4 Å². The zero-order valence-electron chi connectivity index (χ0n) is 11.0. The number of amidine groups is 1. The van der Waals surface area contributed by atoms with E-state index in [-0.39, 0.29) is 11.9 Å². The molecule has 1 aliphatic rings. The van der Waals surface area contributed by atoms with Gasteiger partial charge in [0.05, 0.1) is 6.61 Å². The van der Waals surface area contributed by atoms with Crippen molar-refractivity contribution in [2.24, 2.45) is 10.9 Å². The number of ether oxygens (including phenoxy) is 2. The van der Waals surface area contributed by atoms with Gasteiger partial charge in [-0.15, -0.1) is 0 Å². The molecule has 1 atom stereocenters. The fraction of sp³-hybridized carbons (Fsp3) is 0.462. The Hall–Kier alpha value is -1.79. The Balaban J connectivity index is 1.92. The van der Waals surface area contributed by atoms with Crippen molar-refractivity contribution in [2.75, 3.05) is 33.4 Å². The van der Waals surface area contributed by atoms with Crippen LogP contribution < -0.4 is 10.5 Å². The quantitative estimate of drug-likeness (QED) is 0.358. The van der Waals surface area contributed by atoms with Crippen molar-refractivity contribution < 1.29 is 14.7 Å². The summed E-state index contributed by atoms with van der Waals surface area (Å²) in [6.45, 7) is 3.04. The van der Waals surface area contributed by atoms with Crippen LogP contribution in [0.5, 0.6) is 5.75 Å². The number of hydrogen-bond donors (Lipinski definition) is 2. The SMILES string of the molecule is CN1CCOC(COc2cccc(C(N)=NO)c2)C1. The highest BCUT2D eigenvalue weighted by atomic mass is 16.5. The van der Waals surface area contributed by atoms with Gasteiger partial charge in [-0.3, -0.25) is 0 Å². The van der Waals surface area contributed by atoms with E-state index in [1.807, 2.05) is 6.07 Å². The Bertz CT molecular complexity index is 451. The van der Waals surface area contributed by atoms with Gasteiger partial charge in [0.15, 0.2) is 5.84 Å². The minimum absolute atomic E-state index is 0.0686. The molecule has 19 heavy (non-hydrogen) atoms. The van der Waals surface area contributed by atoms with Crippen LogP contribution in [0.25, 0.3) is 0 Å². The van der Waals surface area contributed by atoms with Gasteiger partial charge >= 0.3 is 0 Å². The predicted octanol–water partition coefficient (Wildman–Crippen LogP) is 0.491. The highest BCUT2D eigenvalue weighted by Crippen LogP contribution is 2.14. The van der Waals surface area contributed by atoms with Crippen LogP contribution in [0.3, 0.4) is 0 Å². The summed E-state index contributed by atoms with van der Waals surface area (Å²) in [6, 6.07) is 7.13. The maximum atomic E-state index is 8.64. The summed E-state index contributed by atoms with van der Waals surface area (Å²) in [5.41, 5.74) is 6.16. The summed E-state index contributed by atoms with van der Waals surface area (Å²) in [6.07, 6.45) is 0.0752. The Morgan fingerprint density at radius 1 is 1.63 bits per heavy atom. The number of rotatable bonds is 4. The molecule has 0 amide bonds. The van der Waals surface area contributed by atoms with E-state index in [2.05, 4.69) is 17.1 Å². The Labute approximate surface area is 112 Å². The molecule has 0 radical (unpaired) electrons. The number of nitrogens with zero attached hydrogens (tertiary/aromatic N) is 2. The van der Waals surface area contributed by atoms with Gasteiger partial charge in [0.2, 0.25) is 0 Å². The second kappa shape index (κ2) is 6.40. The molecular formula is C13H19N3O3. The number of likely N-dealkylation sites (N-methyl/N-ethyl adjacent to an activating group) is 1. The normalized spacial score (nSPS) is 21.3. The molecule has 2 rings (SSSR count). The van der Waals surface area contributed by atoms with E-state index < -0.39 is 0 Å². The summed E-state index contributed by atoms with van der Waals surface area (Å²) in [4.78, 5) is 2.21. The summed E-state index contributed by atoms with van der Waals surface area (Å²) in [7, 11) is 2.06. The van der Waals surface area contributed by atoms with Gasteiger partial charge in [0.1, 0.15) is 18.5 Å². The summed E-state index contributed by atoms with van der Waals surface area (Å²) in [5.74, 6) is 0.750. The van der Waals surface area contributed by atoms with E-state index in [0.717, 1.165) is 19.7 Å². The number of nitrogens with two attached hydrogens (primary N) is 1. The lowest BCUT2D eigenvalue weighted by molar-refractivity contribution is -0.0403. The third-order valence-electron chi connectivity index (χ3n) is 3.02. The number of benzene rings is 1. The molecule has 0 bridgehead atoms. The lowest BCUT2D eigenvalue weighted by atomic mass is 10.2. The molecule has 104 valence electrons. The summed E-state index contributed by atoms with van der Waals surface area (Å²) < 4.78 is 11.3. The molecule has 1 aliphatic heterocycles. The highest BCUT2D eigenvalue weighted by molar-refractivity contribution is 5.97. The molecule has 1 saturated heterocycles. The van der Waals surface area contributed by atoms with Crippen molar-refractivity contribution in [1.29, 1.82) is 0 Å². The third kappa shape index (κ3) is 3.84. The first-order valence-corrected chi connectivity index (χ1v) is 6.20. The van der Waals surface area contributed by atoms with Gasteiger partial charge < -0.3 is 25.3 Å². The van der Waals surface area contributed by atoms with Gasteiger partial charge in [-0.1, -0.05) is 17.3 Å². The Morgan fingerprint density at radius 2 is 2.47 bits per heavy atom. The molecule has 1 heterocycles. The van der Waals surface area contributed by atoms with Crippen LogP contribution in [0, 0.1) is 0 Å². The van der Waals surface area contributed by atoms with Crippen LogP contribution in [0.4, 0.5) is 0 Å². The smallest absolute Gasteiger partial charge is 0.170 e. The molecule has 3 N–H and O–H groups in total. The lowest BCUT2D eigenvalue weighted by Crippen LogP contribution is -2.42. The standard InChI is InChI=1S/C13H19N3O3/c1-16-5-6-18-12(8-16)9-19-11-4-2-3-10(7-11)13(14)15-17/h2-4,7,12,17H,5-6,8-9H2,1H3,(H2,14,15). The van der Waals surface area contributed by atoms with Gasteiger partial charge in [0.25, 0.3) is 0 Å². The van der Waals surface area contributed by atoms with Crippen molar-refractivity contribution >= 4 is 5.84 Å².